The number of nitrogens with zero attached hydrogens (tertiary/aromatic N) is 1. The highest BCUT2D eigenvalue weighted by Crippen LogP contribution is 2.22. The van der Waals surface area contributed by atoms with Crippen LogP contribution in [0.15, 0.2) is 42.6 Å². The van der Waals surface area contributed by atoms with Crippen molar-refractivity contribution in [3.63, 3.8) is 0 Å². The lowest BCUT2D eigenvalue weighted by Crippen LogP contribution is -2.02. The minimum Gasteiger partial charge on any atom is -0.471 e. The third-order valence-electron chi connectivity index (χ3n) is 2.50. The first-order valence-electron chi connectivity index (χ1n) is 5.63. The van der Waals surface area contributed by atoms with Crippen molar-refractivity contribution in [3.8, 4) is 5.88 Å². The Morgan fingerprint density at radius 1 is 1.33 bits per heavy atom. The van der Waals surface area contributed by atoms with Gasteiger partial charge in [-0.15, -0.1) is 0 Å². The summed E-state index contributed by atoms with van der Waals surface area (Å²) in [5.74, 6) is 0.493. The number of nitrogens with one attached hydrogen (secondary N) is 1. The Labute approximate surface area is 106 Å². The van der Waals surface area contributed by atoms with Crippen molar-refractivity contribution in [1.29, 1.82) is 0 Å². The summed E-state index contributed by atoms with van der Waals surface area (Å²) < 4.78 is 5.62. The number of aldehydes is 1. The van der Waals surface area contributed by atoms with Crippen LogP contribution in [0, 0.1) is 0 Å². The highest BCUT2D eigenvalue weighted by molar-refractivity contribution is 5.77. The first-order valence-corrected chi connectivity index (χ1v) is 5.63. The number of hydrogen-bond acceptors (Lipinski definition) is 4. The molecule has 4 nitrogen and oxygen atoms in total. The summed E-state index contributed by atoms with van der Waals surface area (Å²) in [4.78, 5) is 14.8. The van der Waals surface area contributed by atoms with Gasteiger partial charge in [-0.1, -0.05) is 30.3 Å². The molecule has 0 fully saturated rings. The molecule has 2 rings (SSSR count). The summed E-state index contributed by atoms with van der Waals surface area (Å²) in [5.41, 5.74) is 2.29. The van der Waals surface area contributed by atoms with Gasteiger partial charge in [0.1, 0.15) is 6.61 Å². The van der Waals surface area contributed by atoms with Gasteiger partial charge in [-0.2, -0.15) is 0 Å². The Kier molecular flexibility index (Phi) is 3.91. The molecule has 0 aliphatic carbocycles. The molecule has 0 saturated heterocycles. The maximum Gasteiger partial charge on any atom is 0.237 e. The van der Waals surface area contributed by atoms with Crippen molar-refractivity contribution in [2.45, 2.75) is 6.61 Å². The van der Waals surface area contributed by atoms with Crippen LogP contribution in [0.5, 0.6) is 5.88 Å². The molecule has 4 heteroatoms. The van der Waals surface area contributed by atoms with E-state index >= 15 is 0 Å². The molecule has 1 aromatic heterocycles. The van der Waals surface area contributed by atoms with E-state index in [1.54, 1.807) is 13.1 Å². The fraction of sp³-hybridized carbons (Fsp3) is 0.143. The van der Waals surface area contributed by atoms with E-state index in [2.05, 4.69) is 10.3 Å². The standard InChI is InChI=1S/C14H14N2O2/c1-15-13-7-12(9-17)8-16-14(13)18-10-11-5-3-2-4-6-11/h2-9,15H,10H2,1H3. The Morgan fingerprint density at radius 3 is 2.78 bits per heavy atom. The Hall–Kier alpha value is -2.36. The van der Waals surface area contributed by atoms with E-state index in [-0.39, 0.29) is 0 Å². The normalized spacial score (nSPS) is 9.83. The Balaban J connectivity index is 2.11. The predicted octanol–water partition coefficient (Wildman–Crippen LogP) is 2.51. The molecular weight excluding hydrogens is 228 g/mol. The van der Waals surface area contributed by atoms with E-state index in [0.29, 0.717) is 23.7 Å². The molecule has 2 aromatic rings. The summed E-state index contributed by atoms with van der Waals surface area (Å²) >= 11 is 0. The van der Waals surface area contributed by atoms with Gasteiger partial charge < -0.3 is 10.1 Å². The van der Waals surface area contributed by atoms with E-state index in [1.807, 2.05) is 30.3 Å². The van der Waals surface area contributed by atoms with Gasteiger partial charge in [-0.05, 0) is 11.6 Å². The second-order valence-electron chi connectivity index (χ2n) is 3.76. The zero-order valence-corrected chi connectivity index (χ0v) is 10.1. The van der Waals surface area contributed by atoms with E-state index in [4.69, 9.17) is 4.74 Å². The molecule has 0 aliphatic heterocycles. The molecular formula is C14H14N2O2. The lowest BCUT2D eigenvalue weighted by atomic mass is 10.2. The smallest absolute Gasteiger partial charge is 0.237 e. The van der Waals surface area contributed by atoms with Crippen molar-refractivity contribution in [2.75, 3.05) is 12.4 Å². The molecule has 0 unspecified atom stereocenters. The quantitative estimate of drug-likeness (QED) is 0.818. The van der Waals surface area contributed by atoms with Crippen molar-refractivity contribution >= 4 is 12.0 Å². The lowest BCUT2D eigenvalue weighted by Gasteiger charge is -2.10. The van der Waals surface area contributed by atoms with Gasteiger partial charge in [0.25, 0.3) is 0 Å². The van der Waals surface area contributed by atoms with Gasteiger partial charge in [0.2, 0.25) is 5.88 Å². The summed E-state index contributed by atoms with van der Waals surface area (Å²) in [6, 6.07) is 11.6. The minimum atomic E-state index is 0.447. The van der Waals surface area contributed by atoms with Crippen LogP contribution in [0.3, 0.4) is 0 Å². The first-order chi connectivity index (χ1) is 8.83. The molecule has 0 bridgehead atoms. The number of pyridine rings is 1. The zero-order chi connectivity index (χ0) is 12.8. The van der Waals surface area contributed by atoms with E-state index in [9.17, 15) is 4.79 Å². The SMILES string of the molecule is CNc1cc(C=O)cnc1OCc1ccccc1. The van der Waals surface area contributed by atoms with Gasteiger partial charge in [-0.3, -0.25) is 4.79 Å². The van der Waals surface area contributed by atoms with Crippen LogP contribution in [-0.2, 0) is 6.61 Å². The summed E-state index contributed by atoms with van der Waals surface area (Å²) in [7, 11) is 1.76. The van der Waals surface area contributed by atoms with Crippen molar-refractivity contribution < 1.29 is 9.53 Å². The lowest BCUT2D eigenvalue weighted by molar-refractivity contribution is 0.112. The summed E-state index contributed by atoms with van der Waals surface area (Å²) in [5, 5.41) is 2.96. The highest BCUT2D eigenvalue weighted by atomic mass is 16.5. The molecule has 0 radical (unpaired) electrons. The van der Waals surface area contributed by atoms with E-state index < -0.39 is 0 Å². The van der Waals surface area contributed by atoms with Crippen LogP contribution in [0.2, 0.25) is 0 Å². The van der Waals surface area contributed by atoms with Gasteiger partial charge in [-0.25, -0.2) is 4.98 Å². The predicted molar refractivity (Wildman–Crippen MR) is 69.9 cm³/mol. The number of anilines is 1. The fourth-order valence-corrected chi connectivity index (χ4v) is 1.55. The average Bonchev–Trinajstić information content (AvgIpc) is 2.46. The maximum absolute atomic E-state index is 10.7. The number of rotatable bonds is 5. The molecule has 0 atom stereocenters. The first kappa shape index (κ1) is 12.1. The average molecular weight is 242 g/mol. The van der Waals surface area contributed by atoms with Crippen LogP contribution in [0.1, 0.15) is 15.9 Å². The third-order valence-corrected chi connectivity index (χ3v) is 2.50. The van der Waals surface area contributed by atoms with Crippen LogP contribution < -0.4 is 10.1 Å². The van der Waals surface area contributed by atoms with Gasteiger partial charge in [0.05, 0.1) is 5.69 Å². The largest absolute Gasteiger partial charge is 0.471 e. The van der Waals surface area contributed by atoms with Crippen molar-refractivity contribution in [1.82, 2.24) is 4.98 Å². The highest BCUT2D eigenvalue weighted by Gasteiger charge is 2.05. The van der Waals surface area contributed by atoms with E-state index in [1.165, 1.54) is 6.20 Å². The number of carbonyl (C=O) groups excluding carboxylic acids is 1. The topological polar surface area (TPSA) is 51.2 Å². The Bertz CT molecular complexity index is 527. The van der Waals surface area contributed by atoms with Gasteiger partial charge >= 0.3 is 0 Å². The number of carbonyl (C=O) groups is 1. The van der Waals surface area contributed by atoms with Crippen LogP contribution in [0.4, 0.5) is 5.69 Å². The van der Waals surface area contributed by atoms with E-state index in [0.717, 1.165) is 11.8 Å². The molecule has 0 spiro atoms. The van der Waals surface area contributed by atoms with Crippen LogP contribution in [-0.4, -0.2) is 18.3 Å². The molecule has 92 valence electrons. The molecule has 18 heavy (non-hydrogen) atoms. The number of hydrogen-bond donors (Lipinski definition) is 1. The second-order valence-corrected chi connectivity index (χ2v) is 3.76. The fourth-order valence-electron chi connectivity index (χ4n) is 1.55. The maximum atomic E-state index is 10.7. The zero-order valence-electron chi connectivity index (χ0n) is 10.1. The number of benzene rings is 1. The van der Waals surface area contributed by atoms with Crippen LogP contribution in [0.25, 0.3) is 0 Å². The molecule has 0 aliphatic rings. The van der Waals surface area contributed by atoms with Gasteiger partial charge in [0.15, 0.2) is 6.29 Å². The molecule has 0 saturated carbocycles. The summed E-state index contributed by atoms with van der Waals surface area (Å²) in [6.07, 6.45) is 2.25. The van der Waals surface area contributed by atoms with Gasteiger partial charge in [0, 0.05) is 18.8 Å². The third kappa shape index (κ3) is 2.85. The second kappa shape index (κ2) is 5.82. The summed E-state index contributed by atoms with van der Waals surface area (Å²) in [6.45, 7) is 0.447. The molecule has 1 heterocycles. The number of ether oxygens (including phenoxy) is 1. The molecule has 0 amide bonds. The Morgan fingerprint density at radius 2 is 2.11 bits per heavy atom. The molecule has 1 aromatic carbocycles. The molecule has 1 N–H and O–H groups in total. The monoisotopic (exact) mass is 242 g/mol. The van der Waals surface area contributed by atoms with Crippen molar-refractivity contribution in [2.24, 2.45) is 0 Å². The number of aromatic nitrogens is 1. The van der Waals surface area contributed by atoms with Crippen molar-refractivity contribution in [3.05, 3.63) is 53.7 Å². The van der Waals surface area contributed by atoms with Crippen LogP contribution >= 0.6 is 0 Å². The minimum absolute atomic E-state index is 0.447.